The van der Waals surface area contributed by atoms with E-state index in [4.69, 9.17) is 0 Å². The lowest BCUT2D eigenvalue weighted by Gasteiger charge is -2.22. The smallest absolute Gasteiger partial charge is 0.225 e. The molecule has 14 heavy (non-hydrogen) atoms. The topological polar surface area (TPSA) is 53.5 Å². The number of nitrogens with zero attached hydrogens (tertiary/aromatic N) is 1. The first-order chi connectivity index (χ1) is 6.86. The van der Waals surface area contributed by atoms with E-state index in [1.807, 2.05) is 6.21 Å². The molecule has 4 nitrogen and oxygen atoms in total. The summed E-state index contributed by atoms with van der Waals surface area (Å²) in [5.41, 5.74) is -0.0302. The summed E-state index contributed by atoms with van der Waals surface area (Å²) < 4.78 is 0. The van der Waals surface area contributed by atoms with E-state index in [1.54, 1.807) is 11.8 Å². The van der Waals surface area contributed by atoms with Crippen molar-refractivity contribution in [3.63, 3.8) is 0 Å². The maximum atomic E-state index is 11.7. The average Bonchev–Trinajstić information content (AvgIpc) is 2.72. The number of hydrogen-bond acceptors (Lipinski definition) is 4. The Balaban J connectivity index is 1.78. The molecule has 1 saturated heterocycles. The monoisotopic (exact) mass is 213 g/mol. The van der Waals surface area contributed by atoms with Crippen LogP contribution in [0, 0.1) is 5.92 Å². The minimum atomic E-state index is -0.0302. The lowest BCUT2D eigenvalue weighted by Crippen LogP contribution is -2.40. The summed E-state index contributed by atoms with van der Waals surface area (Å²) in [6.45, 7) is 1.92. The molecule has 1 fully saturated rings. The van der Waals surface area contributed by atoms with Crippen molar-refractivity contribution in [2.24, 2.45) is 10.9 Å². The molecule has 2 rings (SSSR count). The lowest BCUT2D eigenvalue weighted by atomic mass is 9.97. The number of rotatable bonds is 2. The van der Waals surface area contributed by atoms with Gasteiger partial charge in [0.2, 0.25) is 5.91 Å². The molecule has 1 atom stereocenters. The molecule has 0 radical (unpaired) electrons. The number of carbonyl (C=O) groups excluding carboxylic acids is 1. The summed E-state index contributed by atoms with van der Waals surface area (Å²) in [5, 5.41) is 6.20. The van der Waals surface area contributed by atoms with Gasteiger partial charge in [0.1, 0.15) is 0 Å². The van der Waals surface area contributed by atoms with Gasteiger partial charge in [0, 0.05) is 17.9 Å². The third kappa shape index (κ3) is 2.48. The van der Waals surface area contributed by atoms with E-state index in [-0.39, 0.29) is 17.3 Å². The molecule has 78 valence electrons. The number of piperidine rings is 1. The predicted molar refractivity (Wildman–Crippen MR) is 58.5 cm³/mol. The fraction of sp³-hybridized carbons (Fsp3) is 0.778. The maximum Gasteiger partial charge on any atom is 0.225 e. The minimum Gasteiger partial charge on any atom is -0.326 e. The van der Waals surface area contributed by atoms with E-state index < -0.39 is 0 Å². The van der Waals surface area contributed by atoms with Crippen LogP contribution in [0.2, 0.25) is 0 Å². The Hall–Kier alpha value is -0.550. The quantitative estimate of drug-likeness (QED) is 0.689. The molecule has 0 aliphatic carbocycles. The first kappa shape index (κ1) is 9.98. The van der Waals surface area contributed by atoms with Crippen LogP contribution >= 0.6 is 11.8 Å². The van der Waals surface area contributed by atoms with Gasteiger partial charge in [-0.25, -0.2) is 0 Å². The van der Waals surface area contributed by atoms with Crippen molar-refractivity contribution in [2.45, 2.75) is 18.3 Å². The predicted octanol–water partition coefficient (Wildman–Crippen LogP) is 0.203. The molecule has 0 aromatic heterocycles. The summed E-state index contributed by atoms with van der Waals surface area (Å²) in [7, 11) is 0. The van der Waals surface area contributed by atoms with Crippen LogP contribution in [0.1, 0.15) is 12.8 Å². The Labute approximate surface area is 87.9 Å². The van der Waals surface area contributed by atoms with Crippen LogP contribution < -0.4 is 10.6 Å². The minimum absolute atomic E-state index is 0.0302. The first-order valence-electron chi connectivity index (χ1n) is 5.00. The SMILES string of the molecule is O=C(NC1N=CCS1)C1CCNCC1. The molecule has 0 aromatic carbocycles. The Morgan fingerprint density at radius 2 is 2.29 bits per heavy atom. The Kier molecular flexibility index (Phi) is 3.42. The fourth-order valence-electron chi connectivity index (χ4n) is 1.72. The lowest BCUT2D eigenvalue weighted by molar-refractivity contribution is -0.125. The van der Waals surface area contributed by atoms with Gasteiger partial charge in [0.25, 0.3) is 0 Å². The van der Waals surface area contributed by atoms with Crippen LogP contribution in [0.4, 0.5) is 0 Å². The van der Waals surface area contributed by atoms with Crippen molar-refractivity contribution in [3.8, 4) is 0 Å². The Bertz CT molecular complexity index is 238. The van der Waals surface area contributed by atoms with Gasteiger partial charge in [-0.2, -0.15) is 0 Å². The highest BCUT2D eigenvalue weighted by molar-refractivity contribution is 8.00. The van der Waals surface area contributed by atoms with Gasteiger partial charge in [-0.15, -0.1) is 11.8 Å². The highest BCUT2D eigenvalue weighted by Gasteiger charge is 2.23. The second-order valence-electron chi connectivity index (χ2n) is 3.55. The number of thioether (sulfide) groups is 1. The van der Waals surface area contributed by atoms with Crippen LogP contribution in [-0.4, -0.2) is 36.5 Å². The normalized spacial score (nSPS) is 27.9. The van der Waals surface area contributed by atoms with Gasteiger partial charge in [-0.1, -0.05) is 0 Å². The van der Waals surface area contributed by atoms with Crippen molar-refractivity contribution in [1.29, 1.82) is 0 Å². The van der Waals surface area contributed by atoms with Gasteiger partial charge in [0.15, 0.2) is 5.50 Å². The zero-order valence-corrected chi connectivity index (χ0v) is 8.85. The maximum absolute atomic E-state index is 11.7. The van der Waals surface area contributed by atoms with Crippen LogP contribution in [0.15, 0.2) is 4.99 Å². The molecular formula is C9H15N3OS. The summed E-state index contributed by atoms with van der Waals surface area (Å²) in [5.74, 6) is 1.27. The second kappa shape index (κ2) is 4.79. The molecule has 2 N–H and O–H groups in total. The van der Waals surface area contributed by atoms with Crippen LogP contribution in [0.5, 0.6) is 0 Å². The Morgan fingerprint density at radius 3 is 2.93 bits per heavy atom. The molecule has 0 spiro atoms. The molecule has 0 bridgehead atoms. The first-order valence-corrected chi connectivity index (χ1v) is 6.05. The highest BCUT2D eigenvalue weighted by atomic mass is 32.2. The van der Waals surface area contributed by atoms with Gasteiger partial charge in [0.05, 0.1) is 0 Å². The van der Waals surface area contributed by atoms with Crippen LogP contribution in [-0.2, 0) is 4.79 Å². The van der Waals surface area contributed by atoms with E-state index in [1.165, 1.54) is 0 Å². The number of aliphatic imine (C=N–C) groups is 1. The zero-order chi connectivity index (χ0) is 9.80. The van der Waals surface area contributed by atoms with E-state index >= 15 is 0 Å². The summed E-state index contributed by atoms with van der Waals surface area (Å²) >= 11 is 1.66. The number of carbonyl (C=O) groups is 1. The van der Waals surface area contributed by atoms with Gasteiger partial charge >= 0.3 is 0 Å². The van der Waals surface area contributed by atoms with Crippen molar-refractivity contribution >= 4 is 23.9 Å². The van der Waals surface area contributed by atoms with E-state index in [2.05, 4.69) is 15.6 Å². The third-order valence-electron chi connectivity index (χ3n) is 2.55. The highest BCUT2D eigenvalue weighted by Crippen LogP contribution is 2.17. The molecule has 1 unspecified atom stereocenters. The van der Waals surface area contributed by atoms with Gasteiger partial charge in [-0.3, -0.25) is 9.79 Å². The number of nitrogens with one attached hydrogen (secondary N) is 2. The van der Waals surface area contributed by atoms with Crippen molar-refractivity contribution < 1.29 is 4.79 Å². The molecule has 1 amide bonds. The molecule has 0 aromatic rings. The number of hydrogen-bond donors (Lipinski definition) is 2. The van der Waals surface area contributed by atoms with Crippen molar-refractivity contribution in [2.75, 3.05) is 18.8 Å². The third-order valence-corrected chi connectivity index (χ3v) is 3.44. The molecule has 2 aliphatic heterocycles. The van der Waals surface area contributed by atoms with Crippen LogP contribution in [0.3, 0.4) is 0 Å². The standard InChI is InChI=1S/C9H15N3OS/c13-8(7-1-3-10-4-2-7)12-9-11-5-6-14-9/h5,7,9-10H,1-4,6H2,(H,12,13). The summed E-state index contributed by atoms with van der Waals surface area (Å²) in [4.78, 5) is 15.9. The van der Waals surface area contributed by atoms with Crippen molar-refractivity contribution in [1.82, 2.24) is 10.6 Å². The Morgan fingerprint density at radius 1 is 1.50 bits per heavy atom. The van der Waals surface area contributed by atoms with Gasteiger partial charge < -0.3 is 10.6 Å². The molecular weight excluding hydrogens is 198 g/mol. The molecule has 2 heterocycles. The van der Waals surface area contributed by atoms with E-state index in [0.717, 1.165) is 31.7 Å². The molecule has 5 heteroatoms. The molecule has 2 aliphatic rings. The fourth-order valence-corrected chi connectivity index (χ4v) is 2.44. The van der Waals surface area contributed by atoms with Crippen molar-refractivity contribution in [3.05, 3.63) is 0 Å². The molecule has 0 saturated carbocycles. The average molecular weight is 213 g/mol. The summed E-state index contributed by atoms with van der Waals surface area (Å²) in [6.07, 6.45) is 3.76. The van der Waals surface area contributed by atoms with E-state index in [9.17, 15) is 4.79 Å². The second-order valence-corrected chi connectivity index (χ2v) is 4.66. The van der Waals surface area contributed by atoms with Crippen LogP contribution in [0.25, 0.3) is 0 Å². The van der Waals surface area contributed by atoms with E-state index in [0.29, 0.717) is 0 Å². The zero-order valence-electron chi connectivity index (χ0n) is 8.03. The van der Waals surface area contributed by atoms with Gasteiger partial charge in [-0.05, 0) is 25.9 Å². The largest absolute Gasteiger partial charge is 0.326 e. The summed E-state index contributed by atoms with van der Waals surface area (Å²) in [6, 6.07) is 0. The number of amides is 1.